The van der Waals surface area contributed by atoms with E-state index >= 15 is 0 Å². The van der Waals surface area contributed by atoms with E-state index in [2.05, 4.69) is 105 Å². The van der Waals surface area contributed by atoms with Crippen LogP contribution in [0.1, 0.15) is 89.0 Å². The molecule has 2 aliphatic carbocycles. The Morgan fingerprint density at radius 3 is 2.52 bits per heavy atom. The summed E-state index contributed by atoms with van der Waals surface area (Å²) >= 11 is 0. The van der Waals surface area contributed by atoms with Crippen molar-refractivity contribution in [3.8, 4) is 0 Å². The summed E-state index contributed by atoms with van der Waals surface area (Å²) in [5.41, 5.74) is 9.56. The Balaban J connectivity index is 0.00000155. The second-order valence-corrected chi connectivity index (χ2v) is 13.6. The van der Waals surface area contributed by atoms with Gasteiger partial charge in [-0.15, -0.1) is 0 Å². The standard InChI is InChI=1S/C37H45N3.C2H6/c1-24-8-9-31-17-25(2)26(3)18-34(33(31)16-24)36-19-27(4)35-21-30(13-15-40(35)36)32-10-11-37(38-22-32)39-14-12-28-6-5-7-29(20-28)23-39;1-2/h8-11,13,15-16,18-19,21-22,25-29,35H,5-7,12,14,17,20,23H2,1-4H3;1-2H3. The molecule has 2 bridgehead atoms. The molecule has 6 atom stereocenters. The van der Waals surface area contributed by atoms with Gasteiger partial charge < -0.3 is 9.80 Å². The highest BCUT2D eigenvalue weighted by Crippen LogP contribution is 2.44. The lowest BCUT2D eigenvalue weighted by atomic mass is 9.81. The number of benzene rings is 1. The smallest absolute Gasteiger partial charge is 0.128 e. The SMILES string of the molecule is CC.Cc1ccc2c(c1)C(C1=CC(C)C3C=C(c4ccc(N5CCC6CCCC(C6)C5)nc4)C=CN13)=CC(C)C(C)C2. The third kappa shape index (κ3) is 5.64. The van der Waals surface area contributed by atoms with Gasteiger partial charge in [-0.2, -0.15) is 0 Å². The van der Waals surface area contributed by atoms with E-state index in [0.29, 0.717) is 23.8 Å². The molecule has 6 unspecified atom stereocenters. The molecule has 5 aliphatic rings. The summed E-state index contributed by atoms with van der Waals surface area (Å²) < 4.78 is 0. The van der Waals surface area contributed by atoms with Crippen LogP contribution in [0.4, 0.5) is 5.82 Å². The second-order valence-electron chi connectivity index (χ2n) is 13.6. The number of pyridine rings is 1. The Morgan fingerprint density at radius 1 is 0.881 bits per heavy atom. The molecule has 4 heterocycles. The van der Waals surface area contributed by atoms with E-state index in [1.54, 1.807) is 0 Å². The maximum atomic E-state index is 5.00. The average Bonchev–Trinajstić information content (AvgIpc) is 3.19. The van der Waals surface area contributed by atoms with Gasteiger partial charge in [0.25, 0.3) is 0 Å². The van der Waals surface area contributed by atoms with Gasteiger partial charge in [-0.25, -0.2) is 4.98 Å². The predicted octanol–water partition coefficient (Wildman–Crippen LogP) is 9.46. The number of nitrogens with zero attached hydrogens (tertiary/aromatic N) is 3. The van der Waals surface area contributed by atoms with E-state index in [1.165, 1.54) is 77.7 Å². The van der Waals surface area contributed by atoms with Gasteiger partial charge in [-0.3, -0.25) is 0 Å². The highest BCUT2D eigenvalue weighted by atomic mass is 15.2. The molecule has 2 fully saturated rings. The van der Waals surface area contributed by atoms with Crippen LogP contribution in [-0.4, -0.2) is 29.0 Å². The molecule has 222 valence electrons. The minimum atomic E-state index is 0.338. The monoisotopic (exact) mass is 561 g/mol. The van der Waals surface area contributed by atoms with E-state index < -0.39 is 0 Å². The van der Waals surface area contributed by atoms with Crippen molar-refractivity contribution in [3.63, 3.8) is 0 Å². The predicted molar refractivity (Wildman–Crippen MR) is 179 cm³/mol. The molecule has 3 nitrogen and oxygen atoms in total. The molecular weight excluding hydrogens is 510 g/mol. The fourth-order valence-electron chi connectivity index (χ4n) is 8.00. The van der Waals surface area contributed by atoms with Crippen molar-refractivity contribution in [1.82, 2.24) is 9.88 Å². The highest BCUT2D eigenvalue weighted by Gasteiger charge is 2.35. The Kier molecular flexibility index (Phi) is 8.48. The van der Waals surface area contributed by atoms with Crippen LogP contribution >= 0.6 is 0 Å². The summed E-state index contributed by atoms with van der Waals surface area (Å²) in [6.07, 6.45) is 22.4. The Bertz CT molecular complexity index is 1390. The Labute approximate surface area is 255 Å². The number of aryl methyl sites for hydroxylation is 1. The third-order valence-corrected chi connectivity index (χ3v) is 10.6. The highest BCUT2D eigenvalue weighted by molar-refractivity contribution is 5.84. The van der Waals surface area contributed by atoms with Crippen LogP contribution in [0.25, 0.3) is 11.1 Å². The summed E-state index contributed by atoms with van der Waals surface area (Å²) in [4.78, 5) is 10.1. The van der Waals surface area contributed by atoms with Crippen molar-refractivity contribution >= 4 is 17.0 Å². The molecule has 7 rings (SSSR count). The summed E-state index contributed by atoms with van der Waals surface area (Å²) in [6, 6.07) is 12.0. The first-order chi connectivity index (χ1) is 20.4. The summed E-state index contributed by atoms with van der Waals surface area (Å²) in [7, 11) is 0. The van der Waals surface area contributed by atoms with Crippen molar-refractivity contribution < 1.29 is 0 Å². The van der Waals surface area contributed by atoms with Gasteiger partial charge in [0.1, 0.15) is 5.82 Å². The zero-order valence-electron chi connectivity index (χ0n) is 26.8. The first-order valence-electron chi connectivity index (χ1n) is 16.9. The number of aromatic nitrogens is 1. The molecule has 0 amide bonds. The number of anilines is 1. The van der Waals surface area contributed by atoms with Gasteiger partial charge >= 0.3 is 0 Å². The number of allylic oxidation sites excluding steroid dienone is 4. The van der Waals surface area contributed by atoms with Crippen LogP contribution in [0.15, 0.2) is 72.7 Å². The van der Waals surface area contributed by atoms with Crippen LogP contribution in [0.5, 0.6) is 0 Å². The summed E-state index contributed by atoms with van der Waals surface area (Å²) in [6.45, 7) is 15.7. The molecule has 0 spiro atoms. The first kappa shape index (κ1) is 29.0. The number of rotatable bonds is 3. The van der Waals surface area contributed by atoms with Gasteiger partial charge in [0.2, 0.25) is 0 Å². The van der Waals surface area contributed by atoms with Crippen LogP contribution in [0.3, 0.4) is 0 Å². The van der Waals surface area contributed by atoms with Gasteiger partial charge in [0.05, 0.1) is 6.04 Å². The van der Waals surface area contributed by atoms with E-state index in [0.717, 1.165) is 30.6 Å². The zero-order valence-corrected chi connectivity index (χ0v) is 26.8. The molecule has 1 aromatic heterocycles. The lowest BCUT2D eigenvalue weighted by molar-refractivity contribution is 0.284. The molecule has 0 N–H and O–H groups in total. The molecule has 1 saturated carbocycles. The van der Waals surface area contributed by atoms with E-state index in [4.69, 9.17) is 4.98 Å². The number of fused-ring (bicyclic) bond motifs is 4. The van der Waals surface area contributed by atoms with Gasteiger partial charge in [-0.05, 0) is 96.8 Å². The zero-order chi connectivity index (χ0) is 29.4. The molecule has 1 aromatic carbocycles. The van der Waals surface area contributed by atoms with E-state index in [9.17, 15) is 0 Å². The summed E-state index contributed by atoms with van der Waals surface area (Å²) in [5, 5.41) is 0. The minimum Gasteiger partial charge on any atom is -0.356 e. The Hall–Kier alpha value is -3.07. The first-order valence-corrected chi connectivity index (χ1v) is 16.9. The average molecular weight is 562 g/mol. The maximum absolute atomic E-state index is 5.00. The fraction of sp³-hybridized carbons (Fsp3) is 0.513. The van der Waals surface area contributed by atoms with Crippen molar-refractivity contribution in [2.75, 3.05) is 18.0 Å². The minimum absolute atomic E-state index is 0.338. The van der Waals surface area contributed by atoms with Crippen LogP contribution in [-0.2, 0) is 6.42 Å². The van der Waals surface area contributed by atoms with E-state index in [1.807, 2.05) is 13.8 Å². The molecule has 42 heavy (non-hydrogen) atoms. The van der Waals surface area contributed by atoms with Crippen molar-refractivity contribution in [2.45, 2.75) is 86.1 Å². The van der Waals surface area contributed by atoms with Crippen LogP contribution < -0.4 is 4.90 Å². The quantitative estimate of drug-likeness (QED) is 0.372. The lowest BCUT2D eigenvalue weighted by Gasteiger charge is -2.31. The largest absolute Gasteiger partial charge is 0.356 e. The molecule has 1 saturated heterocycles. The van der Waals surface area contributed by atoms with Crippen LogP contribution in [0, 0.1) is 36.5 Å². The van der Waals surface area contributed by atoms with Crippen LogP contribution in [0.2, 0.25) is 0 Å². The van der Waals surface area contributed by atoms with Gasteiger partial charge in [-0.1, -0.05) is 89.5 Å². The van der Waals surface area contributed by atoms with Crippen molar-refractivity contribution in [1.29, 1.82) is 0 Å². The van der Waals surface area contributed by atoms with Crippen molar-refractivity contribution in [2.24, 2.45) is 29.6 Å². The normalized spacial score (nSPS) is 30.1. The molecule has 2 aromatic rings. The maximum Gasteiger partial charge on any atom is 0.128 e. The molecule has 0 radical (unpaired) electrons. The molecule has 3 heteroatoms. The molecular formula is C39H51N3. The summed E-state index contributed by atoms with van der Waals surface area (Å²) in [5.74, 6) is 4.59. The number of hydrogen-bond donors (Lipinski definition) is 0. The molecule has 3 aliphatic heterocycles. The van der Waals surface area contributed by atoms with Gasteiger partial charge in [0.15, 0.2) is 0 Å². The lowest BCUT2D eigenvalue weighted by Crippen LogP contribution is -2.30. The third-order valence-electron chi connectivity index (χ3n) is 10.6. The second kappa shape index (κ2) is 12.3. The van der Waals surface area contributed by atoms with Crippen molar-refractivity contribution in [3.05, 3.63) is 95.0 Å². The van der Waals surface area contributed by atoms with E-state index in [-0.39, 0.29) is 0 Å². The Morgan fingerprint density at radius 2 is 1.71 bits per heavy atom. The number of hydrogen-bond acceptors (Lipinski definition) is 3. The van der Waals surface area contributed by atoms with Gasteiger partial charge in [0, 0.05) is 42.7 Å². The fourth-order valence-corrected chi connectivity index (χ4v) is 8.00. The topological polar surface area (TPSA) is 19.4 Å².